The molecule has 6 rings (SSSR count). The van der Waals surface area contributed by atoms with Crippen LogP contribution in [0.15, 0.2) is 42.5 Å². The number of ether oxygens (including phenoxy) is 2. The van der Waals surface area contributed by atoms with Gasteiger partial charge in [0.2, 0.25) is 18.6 Å². The molecule has 2 aromatic carbocycles. The molecule has 0 spiro atoms. The number of hydrogen-bond acceptors (Lipinski definition) is 4. The summed E-state index contributed by atoms with van der Waals surface area (Å²) in [7, 11) is 1.69. The molecule has 4 heterocycles. The Morgan fingerprint density at radius 1 is 1.03 bits per heavy atom. The molecule has 1 N–H and O–H groups in total. The standard InChI is InChI=1S/C22H19N3O4.C2H6/c1-24-10-19(26)25-16(22(24)27)9-14-13-4-2-3-5-15(13)23-20(14)21(25)12-6-7-17-18(8-12)29-11-28-17;1-2/h2-8,16,21,23H,9-11H2,1H3;1-2H3/t16?,21-;/m1./s1. The van der Waals surface area contributed by atoms with Gasteiger partial charge in [0.05, 0.1) is 12.6 Å². The number of carbonyl (C=O) groups is 2. The van der Waals surface area contributed by atoms with Crippen LogP contribution < -0.4 is 9.47 Å². The summed E-state index contributed by atoms with van der Waals surface area (Å²) in [6, 6.07) is 12.9. The fourth-order valence-electron chi connectivity index (χ4n) is 4.84. The Morgan fingerprint density at radius 2 is 1.81 bits per heavy atom. The van der Waals surface area contributed by atoms with Crippen molar-refractivity contribution in [3.8, 4) is 11.5 Å². The molecule has 31 heavy (non-hydrogen) atoms. The van der Waals surface area contributed by atoms with E-state index in [2.05, 4.69) is 11.1 Å². The molecular formula is C24H25N3O4. The van der Waals surface area contributed by atoms with Gasteiger partial charge >= 0.3 is 0 Å². The number of rotatable bonds is 1. The van der Waals surface area contributed by atoms with Gasteiger partial charge in [-0.2, -0.15) is 0 Å². The summed E-state index contributed by atoms with van der Waals surface area (Å²) >= 11 is 0. The van der Waals surface area contributed by atoms with E-state index >= 15 is 0 Å². The van der Waals surface area contributed by atoms with Crippen molar-refractivity contribution >= 4 is 22.7 Å². The highest BCUT2D eigenvalue weighted by Gasteiger charge is 2.47. The van der Waals surface area contributed by atoms with Gasteiger partial charge in [-0.05, 0) is 29.3 Å². The molecule has 0 saturated carbocycles. The molecule has 1 saturated heterocycles. The summed E-state index contributed by atoms with van der Waals surface area (Å²) in [5, 5.41) is 1.10. The van der Waals surface area contributed by atoms with Gasteiger partial charge in [-0.3, -0.25) is 9.59 Å². The molecule has 7 heteroatoms. The fourth-order valence-corrected chi connectivity index (χ4v) is 4.84. The highest BCUT2D eigenvalue weighted by atomic mass is 16.7. The van der Waals surface area contributed by atoms with Crippen LogP contribution >= 0.6 is 0 Å². The van der Waals surface area contributed by atoms with E-state index in [1.54, 1.807) is 11.9 Å². The third kappa shape index (κ3) is 2.87. The maximum atomic E-state index is 13.1. The lowest BCUT2D eigenvalue weighted by molar-refractivity contribution is -0.157. The molecule has 0 radical (unpaired) electrons. The number of aromatic nitrogens is 1. The van der Waals surface area contributed by atoms with Crippen LogP contribution in [0.5, 0.6) is 11.5 Å². The first-order chi connectivity index (χ1) is 15.1. The third-order valence-electron chi connectivity index (χ3n) is 6.17. The Bertz CT molecular complexity index is 1180. The summed E-state index contributed by atoms with van der Waals surface area (Å²) < 4.78 is 11.0. The lowest BCUT2D eigenvalue weighted by Gasteiger charge is -2.46. The van der Waals surface area contributed by atoms with Crippen molar-refractivity contribution in [3.05, 3.63) is 59.3 Å². The van der Waals surface area contributed by atoms with Crippen LogP contribution in [0.25, 0.3) is 10.9 Å². The number of nitrogens with zero attached hydrogens (tertiary/aromatic N) is 2. The topological polar surface area (TPSA) is 74.9 Å². The maximum Gasteiger partial charge on any atom is 0.245 e. The van der Waals surface area contributed by atoms with Crippen LogP contribution in [0.1, 0.15) is 36.7 Å². The zero-order valence-electron chi connectivity index (χ0n) is 17.8. The summed E-state index contributed by atoms with van der Waals surface area (Å²) in [5.41, 5.74) is 3.97. The molecular weight excluding hydrogens is 394 g/mol. The molecule has 3 aromatic rings. The van der Waals surface area contributed by atoms with Crippen LogP contribution in [-0.4, -0.2) is 53.0 Å². The predicted octanol–water partition coefficient (Wildman–Crippen LogP) is 3.24. The number of benzene rings is 2. The maximum absolute atomic E-state index is 13.1. The molecule has 1 unspecified atom stereocenters. The molecule has 160 valence electrons. The average molecular weight is 419 g/mol. The number of fused-ring (bicyclic) bond motifs is 5. The SMILES string of the molecule is CC.CN1CC(=O)N2C(Cc3c([nH]c4ccccc34)[C@H]2c2ccc3c(c2)OCO3)C1=O. The lowest BCUT2D eigenvalue weighted by Crippen LogP contribution is -2.62. The van der Waals surface area contributed by atoms with E-state index < -0.39 is 6.04 Å². The van der Waals surface area contributed by atoms with Gasteiger partial charge in [-0.15, -0.1) is 0 Å². The van der Waals surface area contributed by atoms with E-state index in [1.165, 1.54) is 4.90 Å². The quantitative estimate of drug-likeness (QED) is 0.657. The first-order valence-electron chi connectivity index (χ1n) is 10.7. The molecule has 3 aliphatic rings. The minimum absolute atomic E-state index is 0.0220. The molecule has 0 bridgehead atoms. The summed E-state index contributed by atoms with van der Waals surface area (Å²) in [6.45, 7) is 4.28. The van der Waals surface area contributed by atoms with E-state index in [0.29, 0.717) is 17.9 Å². The molecule has 3 aliphatic heterocycles. The van der Waals surface area contributed by atoms with Crippen LogP contribution in [0, 0.1) is 0 Å². The summed E-state index contributed by atoms with van der Waals surface area (Å²) in [4.78, 5) is 32.9. The van der Waals surface area contributed by atoms with Gasteiger partial charge in [-0.25, -0.2) is 0 Å². The van der Waals surface area contributed by atoms with Gasteiger partial charge in [0.15, 0.2) is 11.5 Å². The second-order valence-electron chi connectivity index (χ2n) is 7.79. The number of piperazine rings is 1. The zero-order chi connectivity index (χ0) is 21.7. The van der Waals surface area contributed by atoms with Crippen molar-refractivity contribution in [2.24, 2.45) is 0 Å². The molecule has 7 nitrogen and oxygen atoms in total. The number of nitrogens with one attached hydrogen (secondary N) is 1. The Morgan fingerprint density at radius 3 is 2.65 bits per heavy atom. The van der Waals surface area contributed by atoms with E-state index in [1.807, 2.05) is 50.2 Å². The van der Waals surface area contributed by atoms with Crippen molar-refractivity contribution in [3.63, 3.8) is 0 Å². The first kappa shape index (κ1) is 19.5. The van der Waals surface area contributed by atoms with Crippen LogP contribution in [0.2, 0.25) is 0 Å². The van der Waals surface area contributed by atoms with Gasteiger partial charge < -0.3 is 24.3 Å². The molecule has 1 fully saturated rings. The monoisotopic (exact) mass is 419 g/mol. The molecule has 2 atom stereocenters. The minimum atomic E-state index is -0.511. The second kappa shape index (κ2) is 7.34. The fraction of sp³-hybridized carbons (Fsp3) is 0.333. The zero-order valence-corrected chi connectivity index (χ0v) is 17.8. The van der Waals surface area contributed by atoms with Crippen LogP contribution in [0.3, 0.4) is 0 Å². The number of hydrogen-bond donors (Lipinski definition) is 1. The van der Waals surface area contributed by atoms with Crippen LogP contribution in [0.4, 0.5) is 0 Å². The Labute approximate surface area is 180 Å². The van der Waals surface area contributed by atoms with Crippen molar-refractivity contribution in [1.29, 1.82) is 0 Å². The van der Waals surface area contributed by atoms with Crippen molar-refractivity contribution in [2.45, 2.75) is 32.4 Å². The lowest BCUT2D eigenvalue weighted by atomic mass is 9.86. The largest absolute Gasteiger partial charge is 0.454 e. The molecule has 0 aliphatic carbocycles. The van der Waals surface area contributed by atoms with Crippen LogP contribution in [-0.2, 0) is 16.0 Å². The number of para-hydroxylation sites is 1. The van der Waals surface area contributed by atoms with Crippen molar-refractivity contribution in [1.82, 2.24) is 14.8 Å². The summed E-state index contributed by atoms with van der Waals surface area (Å²) in [5.74, 6) is 1.28. The van der Waals surface area contributed by atoms with E-state index in [9.17, 15) is 9.59 Å². The number of carbonyl (C=O) groups excluding carboxylic acids is 2. The average Bonchev–Trinajstić information content (AvgIpc) is 3.41. The number of amides is 2. The van der Waals surface area contributed by atoms with E-state index in [4.69, 9.17) is 9.47 Å². The number of likely N-dealkylation sites (N-methyl/N-ethyl adjacent to an activating group) is 1. The van der Waals surface area contributed by atoms with Gasteiger partial charge in [0, 0.05) is 30.1 Å². The highest BCUT2D eigenvalue weighted by Crippen LogP contribution is 2.44. The van der Waals surface area contributed by atoms with E-state index in [0.717, 1.165) is 27.7 Å². The molecule has 2 amide bonds. The number of H-pyrrole nitrogens is 1. The highest BCUT2D eigenvalue weighted by molar-refractivity contribution is 5.97. The Hall–Kier alpha value is -3.48. The van der Waals surface area contributed by atoms with Crippen molar-refractivity contribution in [2.75, 3.05) is 20.4 Å². The van der Waals surface area contributed by atoms with Gasteiger partial charge in [0.25, 0.3) is 0 Å². The predicted molar refractivity (Wildman–Crippen MR) is 116 cm³/mol. The Balaban J connectivity index is 0.000000994. The summed E-state index contributed by atoms with van der Waals surface area (Å²) in [6.07, 6.45) is 0.509. The normalized spacial score (nSPS) is 21.5. The van der Waals surface area contributed by atoms with Gasteiger partial charge in [0.1, 0.15) is 6.04 Å². The smallest absolute Gasteiger partial charge is 0.245 e. The van der Waals surface area contributed by atoms with Gasteiger partial charge in [-0.1, -0.05) is 38.1 Å². The number of aromatic amines is 1. The van der Waals surface area contributed by atoms with E-state index in [-0.39, 0.29) is 31.2 Å². The molecule has 1 aromatic heterocycles. The first-order valence-corrected chi connectivity index (χ1v) is 10.7. The minimum Gasteiger partial charge on any atom is -0.454 e. The second-order valence-corrected chi connectivity index (χ2v) is 7.79. The van der Waals surface area contributed by atoms with Crippen molar-refractivity contribution < 1.29 is 19.1 Å². The Kier molecular flexibility index (Phi) is 4.61. The third-order valence-corrected chi connectivity index (χ3v) is 6.17.